The van der Waals surface area contributed by atoms with Crippen molar-refractivity contribution in [3.8, 4) is 5.75 Å². The second-order valence-electron chi connectivity index (χ2n) is 3.47. The van der Waals surface area contributed by atoms with E-state index in [0.717, 1.165) is 5.75 Å². The van der Waals surface area contributed by atoms with Crippen molar-refractivity contribution >= 4 is 5.91 Å². The van der Waals surface area contributed by atoms with Gasteiger partial charge in [-0.15, -0.1) is 0 Å². The Kier molecular flexibility index (Phi) is 4.79. The lowest BCUT2D eigenvalue weighted by molar-refractivity contribution is 0.0799. The van der Waals surface area contributed by atoms with Crippen LogP contribution in [0.25, 0.3) is 0 Å². The van der Waals surface area contributed by atoms with E-state index in [0.29, 0.717) is 25.3 Å². The highest BCUT2D eigenvalue weighted by atomic mass is 16.5. The molecule has 0 saturated heterocycles. The maximum Gasteiger partial charge on any atom is 0.253 e. The van der Waals surface area contributed by atoms with Gasteiger partial charge in [-0.25, -0.2) is 0 Å². The second-order valence-corrected chi connectivity index (χ2v) is 3.47. The summed E-state index contributed by atoms with van der Waals surface area (Å²) in [6, 6.07) is 7.13. The molecule has 1 amide bonds. The molecule has 2 N–H and O–H groups in total. The van der Waals surface area contributed by atoms with Crippen molar-refractivity contribution in [2.75, 3.05) is 26.7 Å². The summed E-state index contributed by atoms with van der Waals surface area (Å²) >= 11 is 0. The molecular formula is C12H18N2O2. The number of likely N-dealkylation sites (N-methyl/N-ethyl adjacent to an activating group) is 1. The summed E-state index contributed by atoms with van der Waals surface area (Å²) in [6.45, 7) is 3.58. The van der Waals surface area contributed by atoms with Gasteiger partial charge in [-0.1, -0.05) is 0 Å². The van der Waals surface area contributed by atoms with E-state index >= 15 is 0 Å². The molecule has 0 aliphatic carbocycles. The number of benzene rings is 1. The SMILES string of the molecule is CCOc1ccc(C(=O)N(C)CCN)cc1. The number of hydrogen-bond donors (Lipinski definition) is 1. The lowest BCUT2D eigenvalue weighted by atomic mass is 10.2. The molecule has 0 bridgehead atoms. The largest absolute Gasteiger partial charge is 0.494 e. The predicted molar refractivity (Wildman–Crippen MR) is 63.6 cm³/mol. The quantitative estimate of drug-likeness (QED) is 0.812. The van der Waals surface area contributed by atoms with Crippen LogP contribution in [0.2, 0.25) is 0 Å². The molecule has 0 atom stereocenters. The van der Waals surface area contributed by atoms with Crippen molar-refractivity contribution in [2.45, 2.75) is 6.92 Å². The van der Waals surface area contributed by atoms with Crippen molar-refractivity contribution in [1.29, 1.82) is 0 Å². The molecule has 0 aromatic heterocycles. The molecule has 0 radical (unpaired) electrons. The third-order valence-electron chi connectivity index (χ3n) is 2.22. The van der Waals surface area contributed by atoms with Crippen molar-refractivity contribution in [3.63, 3.8) is 0 Å². The summed E-state index contributed by atoms with van der Waals surface area (Å²) in [5.41, 5.74) is 6.05. The monoisotopic (exact) mass is 222 g/mol. The van der Waals surface area contributed by atoms with Gasteiger partial charge in [0.2, 0.25) is 0 Å². The van der Waals surface area contributed by atoms with Crippen LogP contribution in [0.4, 0.5) is 0 Å². The molecule has 88 valence electrons. The lowest BCUT2D eigenvalue weighted by Gasteiger charge is -2.16. The molecule has 0 unspecified atom stereocenters. The third-order valence-corrected chi connectivity index (χ3v) is 2.22. The van der Waals surface area contributed by atoms with E-state index in [1.54, 1.807) is 36.2 Å². The first-order valence-electron chi connectivity index (χ1n) is 5.37. The molecular weight excluding hydrogens is 204 g/mol. The zero-order valence-corrected chi connectivity index (χ0v) is 9.77. The summed E-state index contributed by atoms with van der Waals surface area (Å²) in [6.07, 6.45) is 0. The fourth-order valence-electron chi connectivity index (χ4n) is 1.38. The van der Waals surface area contributed by atoms with Crippen LogP contribution in [0.1, 0.15) is 17.3 Å². The minimum Gasteiger partial charge on any atom is -0.494 e. The molecule has 1 rings (SSSR count). The molecule has 0 heterocycles. The molecule has 4 nitrogen and oxygen atoms in total. The molecule has 1 aromatic carbocycles. The van der Waals surface area contributed by atoms with E-state index in [1.165, 1.54) is 0 Å². The zero-order chi connectivity index (χ0) is 12.0. The van der Waals surface area contributed by atoms with Gasteiger partial charge in [-0.2, -0.15) is 0 Å². The van der Waals surface area contributed by atoms with Crippen LogP contribution in [0.3, 0.4) is 0 Å². The average molecular weight is 222 g/mol. The van der Waals surface area contributed by atoms with Gasteiger partial charge in [0.15, 0.2) is 0 Å². The Morgan fingerprint density at radius 2 is 2.00 bits per heavy atom. The normalized spacial score (nSPS) is 9.94. The smallest absolute Gasteiger partial charge is 0.253 e. The van der Waals surface area contributed by atoms with E-state index in [1.807, 2.05) is 6.92 Å². The fraction of sp³-hybridized carbons (Fsp3) is 0.417. The first-order chi connectivity index (χ1) is 7.69. The minimum absolute atomic E-state index is 0.0199. The maximum atomic E-state index is 11.8. The molecule has 16 heavy (non-hydrogen) atoms. The highest BCUT2D eigenvalue weighted by molar-refractivity contribution is 5.94. The average Bonchev–Trinajstić information content (AvgIpc) is 2.30. The van der Waals surface area contributed by atoms with Gasteiger partial charge in [-0.3, -0.25) is 4.79 Å². The first-order valence-corrected chi connectivity index (χ1v) is 5.37. The second kappa shape index (κ2) is 6.12. The number of carbonyl (C=O) groups excluding carboxylic acids is 1. The Hall–Kier alpha value is -1.55. The van der Waals surface area contributed by atoms with Gasteiger partial charge in [0.25, 0.3) is 5.91 Å². The molecule has 4 heteroatoms. The van der Waals surface area contributed by atoms with E-state index in [-0.39, 0.29) is 5.91 Å². The van der Waals surface area contributed by atoms with Crippen molar-refractivity contribution in [1.82, 2.24) is 4.90 Å². The van der Waals surface area contributed by atoms with Gasteiger partial charge in [0, 0.05) is 25.7 Å². The van der Waals surface area contributed by atoms with E-state index in [2.05, 4.69) is 0 Å². The third kappa shape index (κ3) is 3.24. The maximum absolute atomic E-state index is 11.8. The van der Waals surface area contributed by atoms with Gasteiger partial charge >= 0.3 is 0 Å². The Morgan fingerprint density at radius 3 is 2.50 bits per heavy atom. The van der Waals surface area contributed by atoms with Gasteiger partial charge in [0.05, 0.1) is 6.61 Å². The summed E-state index contributed by atoms with van der Waals surface area (Å²) in [5.74, 6) is 0.758. The highest BCUT2D eigenvalue weighted by Crippen LogP contribution is 2.13. The Balaban J connectivity index is 2.69. The molecule has 0 aliphatic heterocycles. The number of nitrogens with zero attached hydrogens (tertiary/aromatic N) is 1. The van der Waals surface area contributed by atoms with Crippen LogP contribution < -0.4 is 10.5 Å². The molecule has 0 saturated carbocycles. The van der Waals surface area contributed by atoms with E-state index in [4.69, 9.17) is 10.5 Å². The number of amides is 1. The summed E-state index contributed by atoms with van der Waals surface area (Å²) in [7, 11) is 1.74. The van der Waals surface area contributed by atoms with E-state index < -0.39 is 0 Å². The summed E-state index contributed by atoms with van der Waals surface area (Å²) in [4.78, 5) is 13.4. The summed E-state index contributed by atoms with van der Waals surface area (Å²) in [5, 5.41) is 0. The molecule has 1 aromatic rings. The van der Waals surface area contributed by atoms with Gasteiger partial charge < -0.3 is 15.4 Å². The van der Waals surface area contributed by atoms with Crippen LogP contribution >= 0.6 is 0 Å². The lowest BCUT2D eigenvalue weighted by Crippen LogP contribution is -2.31. The zero-order valence-electron chi connectivity index (χ0n) is 9.77. The highest BCUT2D eigenvalue weighted by Gasteiger charge is 2.10. The number of carbonyl (C=O) groups is 1. The predicted octanol–water partition coefficient (Wildman–Crippen LogP) is 1.12. The fourth-order valence-corrected chi connectivity index (χ4v) is 1.38. The van der Waals surface area contributed by atoms with Crippen molar-refractivity contribution in [3.05, 3.63) is 29.8 Å². The van der Waals surface area contributed by atoms with E-state index in [9.17, 15) is 4.79 Å². The van der Waals surface area contributed by atoms with Gasteiger partial charge in [0.1, 0.15) is 5.75 Å². The van der Waals surface area contributed by atoms with Crippen LogP contribution in [-0.4, -0.2) is 37.6 Å². The molecule has 0 fully saturated rings. The minimum atomic E-state index is -0.0199. The number of ether oxygens (including phenoxy) is 1. The van der Waals surface area contributed by atoms with Crippen LogP contribution in [0.5, 0.6) is 5.75 Å². The molecule has 0 spiro atoms. The number of nitrogens with two attached hydrogens (primary N) is 1. The first kappa shape index (κ1) is 12.5. The Bertz CT molecular complexity index is 335. The van der Waals surface area contributed by atoms with Crippen molar-refractivity contribution < 1.29 is 9.53 Å². The number of hydrogen-bond acceptors (Lipinski definition) is 3. The molecule has 0 aliphatic rings. The Labute approximate surface area is 96.0 Å². The van der Waals surface area contributed by atoms with Crippen LogP contribution in [-0.2, 0) is 0 Å². The standard InChI is InChI=1S/C12H18N2O2/c1-3-16-11-6-4-10(5-7-11)12(15)14(2)9-8-13/h4-7H,3,8-9,13H2,1-2H3. The van der Waals surface area contributed by atoms with Crippen LogP contribution in [0.15, 0.2) is 24.3 Å². The van der Waals surface area contributed by atoms with Crippen LogP contribution in [0, 0.1) is 0 Å². The topological polar surface area (TPSA) is 55.6 Å². The number of rotatable bonds is 5. The van der Waals surface area contributed by atoms with Gasteiger partial charge in [-0.05, 0) is 31.2 Å². The van der Waals surface area contributed by atoms with Crippen molar-refractivity contribution in [2.24, 2.45) is 5.73 Å². The summed E-state index contributed by atoms with van der Waals surface area (Å²) < 4.78 is 5.30. The Morgan fingerprint density at radius 1 is 1.38 bits per heavy atom.